The molecule has 0 unspecified atom stereocenters. The second-order valence-electron chi connectivity index (χ2n) is 20.8. The van der Waals surface area contributed by atoms with Crippen LogP contribution in [0.4, 0.5) is 0 Å². The van der Waals surface area contributed by atoms with Gasteiger partial charge in [0.25, 0.3) is 0 Å². The van der Waals surface area contributed by atoms with Gasteiger partial charge in [-0.05, 0) is 123 Å². The molecule has 0 N–H and O–H groups in total. The molecule has 0 bridgehead atoms. The Hall–Kier alpha value is -5.21. The van der Waals surface area contributed by atoms with E-state index in [1.54, 1.807) is 70.5 Å². The van der Waals surface area contributed by atoms with E-state index in [1.165, 1.54) is 4.83 Å². The van der Waals surface area contributed by atoms with Gasteiger partial charge in [0.2, 0.25) is 0 Å². The molecule has 13 nitrogen and oxygen atoms in total. The Morgan fingerprint density at radius 3 is 1.55 bits per heavy atom. The molecule has 3 aliphatic rings. The van der Waals surface area contributed by atoms with Crippen molar-refractivity contribution in [3.8, 4) is 5.75 Å². The minimum atomic E-state index is -0.0618. The summed E-state index contributed by atoms with van der Waals surface area (Å²) in [6.07, 6.45) is 5.86. The molecule has 10 heterocycles. The van der Waals surface area contributed by atoms with Crippen LogP contribution >= 0.6 is 68.8 Å². The molecule has 12 rings (SSSR count). The van der Waals surface area contributed by atoms with Crippen LogP contribution in [-0.4, -0.2) is 131 Å². The average molecular weight is 1220 g/mol. The average Bonchev–Trinajstić information content (AvgIpc) is 3.95. The maximum absolute atomic E-state index is 13.6. The molecule has 0 amide bonds. The second kappa shape index (κ2) is 28.1. The number of halogens is 3. The SMILES string of the molecule is CCCOc1ccccc1C(=O)c1c(C)n(CCN2CCOCC2)c2sccc12.Cc1c(C(=O)c2cccc(Cl)c2Cl)c2ccsc2n1CCC1CCOCC1.Cc1c(C(=O)c2cccnc2Cl)c2ccsc2n1CCN1CCOCC1. The van der Waals surface area contributed by atoms with Crippen molar-refractivity contribution >= 4 is 117 Å². The Morgan fingerprint density at radius 1 is 0.561 bits per heavy atom. The number of thiophene rings is 3. The molecule has 19 heteroatoms. The first-order valence-electron chi connectivity index (χ1n) is 28.2. The minimum absolute atomic E-state index is 0.0442. The normalized spacial score (nSPS) is 15.4. The van der Waals surface area contributed by atoms with Gasteiger partial charge in [0.15, 0.2) is 17.3 Å². The number of para-hydroxylation sites is 1. The summed E-state index contributed by atoms with van der Waals surface area (Å²) in [5.41, 5.74) is 6.86. The highest BCUT2D eigenvalue weighted by Crippen LogP contribution is 2.38. The molecule has 0 aliphatic carbocycles. The highest BCUT2D eigenvalue weighted by Gasteiger charge is 2.28. The van der Waals surface area contributed by atoms with Crippen LogP contribution in [0.15, 0.2) is 95.1 Å². The first-order chi connectivity index (χ1) is 39.9. The molecule has 2 aromatic carbocycles. The van der Waals surface area contributed by atoms with Gasteiger partial charge in [0.1, 0.15) is 25.4 Å². The first-order valence-corrected chi connectivity index (χ1v) is 32.0. The number of aromatic nitrogens is 4. The van der Waals surface area contributed by atoms with Crippen LogP contribution in [0.25, 0.3) is 30.6 Å². The Morgan fingerprint density at radius 2 is 1.02 bits per heavy atom. The summed E-state index contributed by atoms with van der Waals surface area (Å²) in [5.74, 6) is 1.28. The standard InChI is InChI=1S/C23H28N2O3S.C21H21Cl2NO2S.C19H20ClN3O2S/c1-3-13-28-20-7-5-4-6-18(20)22(26)21-17(2)25(23-19(21)8-16-29-23)10-9-24-11-14-27-15-12-24;1-13-18(20(25)16-3-2-4-17(22)19(16)23)15-8-12-27-21(15)24(13)9-5-14-6-10-26-11-7-14;1-13-16(17(24)15-3-2-5-21-18(15)20)14-4-12-26-19(14)23(13)7-6-22-8-10-25-11-9-22/h4-8,16H,3,9-15H2,1-2H3;2-4,8,12,14H,5-7,9-11H2,1H3;2-5,12H,6-11H2,1H3. The number of nitrogens with zero attached hydrogens (tertiary/aromatic N) is 6. The lowest BCUT2D eigenvalue weighted by Crippen LogP contribution is -2.38. The van der Waals surface area contributed by atoms with Crippen LogP contribution in [0.2, 0.25) is 15.2 Å². The molecule has 3 saturated heterocycles. The first kappa shape index (κ1) is 59.9. The summed E-state index contributed by atoms with van der Waals surface area (Å²) in [6.45, 7) is 22.2. The highest BCUT2D eigenvalue weighted by molar-refractivity contribution is 7.17. The number of aryl methyl sites for hydroxylation is 1. The number of carbonyl (C=O) groups excluding carboxylic acids is 3. The van der Waals surface area contributed by atoms with Crippen LogP contribution in [0, 0.1) is 26.7 Å². The van der Waals surface area contributed by atoms with E-state index in [9.17, 15) is 14.4 Å². The van der Waals surface area contributed by atoms with Gasteiger partial charge in [-0.2, -0.15) is 0 Å². The maximum atomic E-state index is 13.6. The molecular formula is C63H69Cl3N6O7S3. The second-order valence-corrected chi connectivity index (χ2v) is 24.6. The van der Waals surface area contributed by atoms with Gasteiger partial charge < -0.3 is 32.6 Å². The molecule has 0 radical (unpaired) electrons. The molecule has 432 valence electrons. The summed E-state index contributed by atoms with van der Waals surface area (Å²) in [6, 6.07) is 22.4. The van der Waals surface area contributed by atoms with Crippen molar-refractivity contribution in [1.82, 2.24) is 28.5 Å². The van der Waals surface area contributed by atoms with Gasteiger partial charge in [-0.25, -0.2) is 4.98 Å². The Balaban J connectivity index is 0.000000138. The fraction of sp³-hybridized carbons (Fsp3) is 0.397. The van der Waals surface area contributed by atoms with Gasteiger partial charge in [-0.1, -0.05) is 59.9 Å². The van der Waals surface area contributed by atoms with Crippen LogP contribution in [0.5, 0.6) is 5.75 Å². The van der Waals surface area contributed by atoms with Crippen molar-refractivity contribution in [3.05, 3.63) is 161 Å². The molecule has 0 spiro atoms. The van der Waals surface area contributed by atoms with E-state index >= 15 is 0 Å². The number of pyridine rings is 1. The minimum Gasteiger partial charge on any atom is -0.493 e. The van der Waals surface area contributed by atoms with Gasteiger partial charge in [-0.3, -0.25) is 24.2 Å². The zero-order valence-corrected chi connectivity index (χ0v) is 51.6. The zero-order valence-electron chi connectivity index (χ0n) is 46.9. The predicted molar refractivity (Wildman–Crippen MR) is 335 cm³/mol. The van der Waals surface area contributed by atoms with E-state index in [4.69, 9.17) is 53.8 Å². The highest BCUT2D eigenvalue weighted by atomic mass is 35.5. The number of ether oxygens (including phenoxy) is 4. The lowest BCUT2D eigenvalue weighted by Gasteiger charge is -2.26. The summed E-state index contributed by atoms with van der Waals surface area (Å²) in [4.78, 5) is 52.4. The van der Waals surface area contributed by atoms with Gasteiger partial charge in [0, 0.05) is 117 Å². The van der Waals surface area contributed by atoms with Crippen LogP contribution in [-0.2, 0) is 33.8 Å². The summed E-state index contributed by atoms with van der Waals surface area (Å²) in [7, 11) is 0. The van der Waals surface area contributed by atoms with Crippen molar-refractivity contribution in [1.29, 1.82) is 0 Å². The Kier molecular flexibility index (Phi) is 20.6. The predicted octanol–water partition coefficient (Wildman–Crippen LogP) is 14.4. The molecule has 7 aromatic heterocycles. The summed E-state index contributed by atoms with van der Waals surface area (Å²) >= 11 is 23.7. The van der Waals surface area contributed by atoms with E-state index in [0.29, 0.717) is 45.0 Å². The molecule has 3 fully saturated rings. The molecule has 0 saturated carbocycles. The molecule has 0 atom stereocenters. The molecule has 3 aliphatic heterocycles. The van der Waals surface area contributed by atoms with E-state index < -0.39 is 0 Å². The third kappa shape index (κ3) is 13.2. The van der Waals surface area contributed by atoms with Gasteiger partial charge in [-0.15, -0.1) is 34.0 Å². The van der Waals surface area contributed by atoms with Crippen LogP contribution in [0.1, 0.15) is 97.5 Å². The summed E-state index contributed by atoms with van der Waals surface area (Å²) in [5, 5.41) is 10.2. The largest absolute Gasteiger partial charge is 0.493 e. The van der Waals surface area contributed by atoms with Crippen molar-refractivity contribution < 1.29 is 33.3 Å². The Labute approximate surface area is 506 Å². The Bertz CT molecular complexity index is 3670. The third-order valence-electron chi connectivity index (χ3n) is 15.8. The van der Waals surface area contributed by atoms with Crippen molar-refractivity contribution in [2.45, 2.75) is 73.0 Å². The number of morpholine rings is 2. The van der Waals surface area contributed by atoms with Gasteiger partial charge >= 0.3 is 0 Å². The lowest BCUT2D eigenvalue weighted by molar-refractivity contribution is 0.0364. The molecule has 82 heavy (non-hydrogen) atoms. The monoisotopic (exact) mass is 1220 g/mol. The fourth-order valence-electron chi connectivity index (χ4n) is 11.3. The number of carbonyl (C=O) groups is 3. The lowest BCUT2D eigenvalue weighted by atomic mass is 9.96. The number of benzene rings is 2. The van der Waals surface area contributed by atoms with Crippen molar-refractivity contribution in [2.24, 2.45) is 5.92 Å². The molecular weight excluding hydrogens is 1160 g/mol. The maximum Gasteiger partial charge on any atom is 0.199 e. The zero-order chi connectivity index (χ0) is 57.3. The van der Waals surface area contributed by atoms with Crippen LogP contribution in [0.3, 0.4) is 0 Å². The summed E-state index contributed by atoms with van der Waals surface area (Å²) < 4.78 is 29.0. The van der Waals surface area contributed by atoms with Crippen LogP contribution < -0.4 is 4.74 Å². The quantitative estimate of drug-likeness (QED) is 0.0606. The molecule has 9 aromatic rings. The number of fused-ring (bicyclic) bond motifs is 3. The van der Waals surface area contributed by atoms with Gasteiger partial charge in [0.05, 0.1) is 70.9 Å². The van der Waals surface area contributed by atoms with E-state index in [1.807, 2.05) is 61.0 Å². The van der Waals surface area contributed by atoms with Crippen molar-refractivity contribution in [2.75, 3.05) is 85.5 Å². The third-order valence-corrected chi connectivity index (χ3v) is 19.8. The number of hydrogen-bond acceptors (Lipinski definition) is 13. The number of rotatable bonds is 18. The smallest absolute Gasteiger partial charge is 0.199 e. The fourth-order valence-corrected chi connectivity index (χ4v) is 14.9. The van der Waals surface area contributed by atoms with E-state index in [2.05, 4.69) is 53.8 Å². The topological polar surface area (TPSA) is 122 Å². The number of ketones is 3. The van der Waals surface area contributed by atoms with E-state index in [0.717, 1.165) is 184 Å². The number of hydrogen-bond donors (Lipinski definition) is 0. The van der Waals surface area contributed by atoms with E-state index in [-0.39, 0.29) is 22.5 Å². The van der Waals surface area contributed by atoms with Crippen molar-refractivity contribution in [3.63, 3.8) is 0 Å².